The van der Waals surface area contributed by atoms with E-state index in [2.05, 4.69) is 15.9 Å². The molecular formula is C10H11BrO. The lowest BCUT2D eigenvalue weighted by Crippen LogP contribution is -1.92. The van der Waals surface area contributed by atoms with Gasteiger partial charge >= 0.3 is 0 Å². The number of hydrogen-bond acceptors (Lipinski definition) is 1. The van der Waals surface area contributed by atoms with E-state index >= 15 is 0 Å². The molecule has 2 heteroatoms. The lowest BCUT2D eigenvalue weighted by molar-refractivity contribution is 0.363. The minimum absolute atomic E-state index is 0.635. The maximum absolute atomic E-state index is 5.40. The molecule has 0 heterocycles. The van der Waals surface area contributed by atoms with Crippen molar-refractivity contribution in [2.24, 2.45) is 0 Å². The third-order valence-corrected chi connectivity index (χ3v) is 1.72. The highest BCUT2D eigenvalue weighted by Crippen LogP contribution is 2.07. The summed E-state index contributed by atoms with van der Waals surface area (Å²) in [5.74, 6) is 0.914. The quantitative estimate of drug-likeness (QED) is 0.567. The van der Waals surface area contributed by atoms with Crippen molar-refractivity contribution >= 4 is 15.9 Å². The van der Waals surface area contributed by atoms with Crippen LogP contribution in [0.1, 0.15) is 0 Å². The summed E-state index contributed by atoms with van der Waals surface area (Å²) in [7, 11) is 0. The van der Waals surface area contributed by atoms with Crippen LogP contribution in [0.25, 0.3) is 0 Å². The second kappa shape index (κ2) is 5.84. The van der Waals surface area contributed by atoms with Gasteiger partial charge in [-0.3, -0.25) is 0 Å². The first-order valence-corrected chi connectivity index (χ1v) is 4.94. The third kappa shape index (κ3) is 3.58. The molecule has 1 rings (SSSR count). The normalized spacial score (nSPS) is 10.4. The highest BCUT2D eigenvalue weighted by molar-refractivity contribution is 9.09. The summed E-state index contributed by atoms with van der Waals surface area (Å²) in [5.41, 5.74) is 0. The van der Waals surface area contributed by atoms with Gasteiger partial charge in [-0.1, -0.05) is 46.3 Å². The fourth-order valence-electron chi connectivity index (χ4n) is 0.792. The third-order valence-electron chi connectivity index (χ3n) is 1.35. The fraction of sp³-hybridized carbons (Fsp3) is 0.200. The van der Waals surface area contributed by atoms with Crippen molar-refractivity contribution in [3.8, 4) is 5.75 Å². The van der Waals surface area contributed by atoms with E-state index in [0.717, 1.165) is 11.1 Å². The largest absolute Gasteiger partial charge is 0.490 e. The van der Waals surface area contributed by atoms with Gasteiger partial charge in [0.05, 0.1) is 0 Å². The van der Waals surface area contributed by atoms with Crippen LogP contribution in [0.15, 0.2) is 42.5 Å². The predicted molar refractivity (Wildman–Crippen MR) is 54.9 cm³/mol. The molecule has 0 radical (unpaired) electrons. The molecular weight excluding hydrogens is 216 g/mol. The first-order chi connectivity index (χ1) is 5.93. The molecule has 0 aliphatic heterocycles. The SMILES string of the molecule is BrCC=CCOc1ccccc1. The molecule has 1 aromatic carbocycles. The maximum atomic E-state index is 5.40. The van der Waals surface area contributed by atoms with E-state index in [4.69, 9.17) is 4.74 Å². The lowest BCUT2D eigenvalue weighted by Gasteiger charge is -2.00. The zero-order chi connectivity index (χ0) is 8.65. The van der Waals surface area contributed by atoms with Crippen molar-refractivity contribution in [3.05, 3.63) is 42.5 Å². The number of halogens is 1. The predicted octanol–water partition coefficient (Wildman–Crippen LogP) is 3.02. The van der Waals surface area contributed by atoms with Crippen molar-refractivity contribution in [3.63, 3.8) is 0 Å². The standard InChI is InChI=1S/C10H11BrO/c11-8-4-5-9-12-10-6-2-1-3-7-10/h1-7H,8-9H2. The van der Waals surface area contributed by atoms with Crippen LogP contribution in [0, 0.1) is 0 Å². The molecule has 64 valence electrons. The Hall–Kier alpha value is -0.760. The van der Waals surface area contributed by atoms with Crippen molar-refractivity contribution in [1.82, 2.24) is 0 Å². The summed E-state index contributed by atoms with van der Waals surface area (Å²) in [4.78, 5) is 0. The minimum atomic E-state index is 0.635. The van der Waals surface area contributed by atoms with Crippen LogP contribution < -0.4 is 4.74 Å². The van der Waals surface area contributed by atoms with Gasteiger partial charge in [0.15, 0.2) is 0 Å². The van der Waals surface area contributed by atoms with Crippen LogP contribution >= 0.6 is 15.9 Å². The zero-order valence-corrected chi connectivity index (χ0v) is 8.33. The second-order valence-electron chi connectivity index (χ2n) is 2.25. The average molecular weight is 227 g/mol. The van der Waals surface area contributed by atoms with Crippen LogP contribution in [-0.2, 0) is 0 Å². The summed E-state index contributed by atoms with van der Waals surface area (Å²) in [6, 6.07) is 9.79. The van der Waals surface area contributed by atoms with Gasteiger partial charge < -0.3 is 4.74 Å². The Balaban J connectivity index is 2.29. The number of allylic oxidation sites excluding steroid dienone is 1. The summed E-state index contributed by atoms with van der Waals surface area (Å²) in [6.07, 6.45) is 4.00. The summed E-state index contributed by atoms with van der Waals surface area (Å²) >= 11 is 3.29. The van der Waals surface area contributed by atoms with Gasteiger partial charge in [-0.15, -0.1) is 0 Å². The molecule has 0 spiro atoms. The molecule has 0 saturated heterocycles. The number of para-hydroxylation sites is 1. The Bertz CT molecular complexity index is 231. The molecule has 1 nitrogen and oxygen atoms in total. The Kier molecular flexibility index (Phi) is 4.54. The molecule has 0 fully saturated rings. The van der Waals surface area contributed by atoms with Crippen molar-refractivity contribution < 1.29 is 4.74 Å². The molecule has 0 aliphatic carbocycles. The highest BCUT2D eigenvalue weighted by Gasteiger charge is 1.86. The molecule has 0 bridgehead atoms. The highest BCUT2D eigenvalue weighted by atomic mass is 79.9. The zero-order valence-electron chi connectivity index (χ0n) is 6.74. The summed E-state index contributed by atoms with van der Waals surface area (Å²) in [6.45, 7) is 0.635. The summed E-state index contributed by atoms with van der Waals surface area (Å²) in [5, 5.41) is 0.880. The van der Waals surface area contributed by atoms with Crippen molar-refractivity contribution in [2.75, 3.05) is 11.9 Å². The Morgan fingerprint density at radius 2 is 1.92 bits per heavy atom. The number of rotatable bonds is 4. The molecule has 0 amide bonds. The first-order valence-electron chi connectivity index (χ1n) is 3.82. The van der Waals surface area contributed by atoms with E-state index in [-0.39, 0.29) is 0 Å². The number of alkyl halides is 1. The maximum Gasteiger partial charge on any atom is 0.119 e. The average Bonchev–Trinajstić information content (AvgIpc) is 2.14. The van der Waals surface area contributed by atoms with Crippen LogP contribution in [0.3, 0.4) is 0 Å². The minimum Gasteiger partial charge on any atom is -0.490 e. The molecule has 0 aromatic heterocycles. The molecule has 12 heavy (non-hydrogen) atoms. The molecule has 1 aromatic rings. The van der Waals surface area contributed by atoms with Crippen LogP contribution in [0.2, 0.25) is 0 Å². The Labute approximate surface area is 81.2 Å². The topological polar surface area (TPSA) is 9.23 Å². The van der Waals surface area contributed by atoms with E-state index in [1.54, 1.807) is 0 Å². The lowest BCUT2D eigenvalue weighted by atomic mass is 10.3. The van der Waals surface area contributed by atoms with Crippen molar-refractivity contribution in [1.29, 1.82) is 0 Å². The van der Waals surface area contributed by atoms with Crippen LogP contribution in [-0.4, -0.2) is 11.9 Å². The monoisotopic (exact) mass is 226 g/mol. The number of hydrogen-bond donors (Lipinski definition) is 0. The van der Waals surface area contributed by atoms with E-state index in [0.29, 0.717) is 6.61 Å². The van der Waals surface area contributed by atoms with Crippen LogP contribution in [0.4, 0.5) is 0 Å². The number of benzene rings is 1. The van der Waals surface area contributed by atoms with E-state index in [9.17, 15) is 0 Å². The van der Waals surface area contributed by atoms with Gasteiger partial charge in [0.25, 0.3) is 0 Å². The van der Waals surface area contributed by atoms with Gasteiger partial charge in [0, 0.05) is 5.33 Å². The van der Waals surface area contributed by atoms with Gasteiger partial charge in [-0.05, 0) is 12.1 Å². The molecule has 0 aliphatic rings. The Morgan fingerprint density at radius 1 is 1.17 bits per heavy atom. The number of ether oxygens (including phenoxy) is 1. The van der Waals surface area contributed by atoms with Gasteiger partial charge in [-0.25, -0.2) is 0 Å². The van der Waals surface area contributed by atoms with Crippen molar-refractivity contribution in [2.45, 2.75) is 0 Å². The fourth-order valence-corrected chi connectivity index (χ4v) is 1.06. The molecule has 0 atom stereocenters. The van der Waals surface area contributed by atoms with E-state index in [1.165, 1.54) is 0 Å². The van der Waals surface area contributed by atoms with Gasteiger partial charge in [0.1, 0.15) is 12.4 Å². The Morgan fingerprint density at radius 3 is 2.58 bits per heavy atom. The second-order valence-corrected chi connectivity index (χ2v) is 2.90. The smallest absolute Gasteiger partial charge is 0.119 e. The van der Waals surface area contributed by atoms with E-state index in [1.807, 2.05) is 42.5 Å². The molecule has 0 saturated carbocycles. The van der Waals surface area contributed by atoms with Gasteiger partial charge in [-0.2, -0.15) is 0 Å². The van der Waals surface area contributed by atoms with E-state index < -0.39 is 0 Å². The van der Waals surface area contributed by atoms with Gasteiger partial charge in [0.2, 0.25) is 0 Å². The summed E-state index contributed by atoms with van der Waals surface area (Å²) < 4.78 is 5.40. The molecule has 0 unspecified atom stereocenters. The first kappa shape index (κ1) is 9.33. The van der Waals surface area contributed by atoms with Crippen LogP contribution in [0.5, 0.6) is 5.75 Å². The molecule has 0 N–H and O–H groups in total.